The Kier molecular flexibility index (Phi) is 1.98. The first-order valence-electron chi connectivity index (χ1n) is 4.88. The fourth-order valence-corrected chi connectivity index (χ4v) is 2.12. The third kappa shape index (κ3) is 1.53. The van der Waals surface area contributed by atoms with Gasteiger partial charge in [-0.2, -0.15) is 0 Å². The maximum absolute atomic E-state index is 11.2. The largest absolute Gasteiger partial charge is 0.326 e. The van der Waals surface area contributed by atoms with Gasteiger partial charge in [-0.3, -0.25) is 4.79 Å². The molecular weight excluding hydrogens is 162 g/mol. The summed E-state index contributed by atoms with van der Waals surface area (Å²) in [6, 6.07) is 1.71. The van der Waals surface area contributed by atoms with Crippen LogP contribution in [0.15, 0.2) is 10.9 Å². The Morgan fingerprint density at radius 3 is 3.08 bits per heavy atom. The molecule has 70 valence electrons. The molecule has 1 aromatic heterocycles. The van der Waals surface area contributed by atoms with Crippen molar-refractivity contribution in [3.8, 4) is 0 Å². The lowest BCUT2D eigenvalue weighted by atomic mass is 9.86. The second kappa shape index (κ2) is 3.02. The Bertz CT molecular complexity index is 378. The van der Waals surface area contributed by atoms with Crippen LogP contribution in [0.2, 0.25) is 0 Å². The summed E-state index contributed by atoms with van der Waals surface area (Å²) in [5.41, 5.74) is 3.75. The van der Waals surface area contributed by atoms with E-state index in [1.807, 2.05) is 6.92 Å². The number of rotatable bonds is 0. The van der Waals surface area contributed by atoms with Gasteiger partial charge in [-0.15, -0.1) is 0 Å². The highest BCUT2D eigenvalue weighted by Crippen LogP contribution is 2.24. The van der Waals surface area contributed by atoms with E-state index in [0.717, 1.165) is 24.3 Å². The normalized spacial score (nSPS) is 21.2. The number of hydrogen-bond acceptors (Lipinski definition) is 1. The lowest BCUT2D eigenvalue weighted by Crippen LogP contribution is -2.19. The second-order valence-corrected chi connectivity index (χ2v) is 4.12. The number of pyridine rings is 1. The quantitative estimate of drug-likeness (QED) is 0.644. The van der Waals surface area contributed by atoms with Crippen molar-refractivity contribution in [3.05, 3.63) is 33.2 Å². The van der Waals surface area contributed by atoms with E-state index in [-0.39, 0.29) is 5.56 Å². The van der Waals surface area contributed by atoms with Crippen molar-refractivity contribution in [2.24, 2.45) is 5.92 Å². The zero-order valence-electron chi connectivity index (χ0n) is 8.18. The van der Waals surface area contributed by atoms with E-state index < -0.39 is 0 Å². The summed E-state index contributed by atoms with van der Waals surface area (Å²) in [6.07, 6.45) is 3.36. The van der Waals surface area contributed by atoms with Gasteiger partial charge in [0.25, 0.3) is 0 Å². The molecule has 0 saturated heterocycles. The lowest BCUT2D eigenvalue weighted by Gasteiger charge is -2.22. The second-order valence-electron chi connectivity index (χ2n) is 4.12. The van der Waals surface area contributed by atoms with Gasteiger partial charge in [-0.05, 0) is 43.2 Å². The summed E-state index contributed by atoms with van der Waals surface area (Å²) in [5, 5.41) is 0. The van der Waals surface area contributed by atoms with Crippen LogP contribution in [0.1, 0.15) is 30.2 Å². The lowest BCUT2D eigenvalue weighted by molar-refractivity contribution is 0.491. The fraction of sp³-hybridized carbons (Fsp3) is 0.545. The third-order valence-electron chi connectivity index (χ3n) is 2.90. The molecule has 1 aromatic rings. The first-order valence-corrected chi connectivity index (χ1v) is 4.88. The van der Waals surface area contributed by atoms with Crippen LogP contribution in [0.4, 0.5) is 0 Å². The fourth-order valence-electron chi connectivity index (χ4n) is 2.12. The van der Waals surface area contributed by atoms with Gasteiger partial charge >= 0.3 is 0 Å². The van der Waals surface area contributed by atoms with Crippen LogP contribution in [0.5, 0.6) is 0 Å². The molecule has 2 heteroatoms. The average molecular weight is 177 g/mol. The van der Waals surface area contributed by atoms with Gasteiger partial charge < -0.3 is 4.98 Å². The number of H-pyrrole nitrogens is 1. The maximum Gasteiger partial charge on any atom is 0.248 e. The molecule has 0 bridgehead atoms. The van der Waals surface area contributed by atoms with Gasteiger partial charge in [0.15, 0.2) is 0 Å². The molecule has 0 fully saturated rings. The Balaban J connectivity index is 2.53. The molecule has 0 radical (unpaired) electrons. The van der Waals surface area contributed by atoms with Gasteiger partial charge in [0.05, 0.1) is 0 Å². The SMILES string of the molecule is Cc1cc(=O)[nH]c2c1CC(C)CC2. The number of aromatic amines is 1. The molecule has 0 aliphatic heterocycles. The molecule has 2 rings (SSSR count). The highest BCUT2D eigenvalue weighted by Gasteiger charge is 2.17. The monoisotopic (exact) mass is 177 g/mol. The number of nitrogens with one attached hydrogen (secondary N) is 1. The number of aryl methyl sites for hydroxylation is 2. The number of hydrogen-bond donors (Lipinski definition) is 1. The first-order chi connectivity index (χ1) is 6.16. The molecule has 1 heterocycles. The summed E-state index contributed by atoms with van der Waals surface area (Å²) in [5.74, 6) is 0.761. The maximum atomic E-state index is 11.2. The molecule has 1 atom stereocenters. The van der Waals surface area contributed by atoms with E-state index in [4.69, 9.17) is 0 Å². The van der Waals surface area contributed by atoms with Gasteiger partial charge in [-0.25, -0.2) is 0 Å². The summed E-state index contributed by atoms with van der Waals surface area (Å²) in [4.78, 5) is 14.1. The van der Waals surface area contributed by atoms with E-state index >= 15 is 0 Å². The summed E-state index contributed by atoms with van der Waals surface area (Å²) >= 11 is 0. The van der Waals surface area contributed by atoms with Crippen molar-refractivity contribution in [1.82, 2.24) is 4.98 Å². The highest BCUT2D eigenvalue weighted by atomic mass is 16.1. The van der Waals surface area contributed by atoms with Crippen LogP contribution >= 0.6 is 0 Å². The predicted molar refractivity (Wildman–Crippen MR) is 53.0 cm³/mol. The van der Waals surface area contributed by atoms with E-state index in [0.29, 0.717) is 0 Å². The van der Waals surface area contributed by atoms with Gasteiger partial charge in [0, 0.05) is 11.8 Å². The van der Waals surface area contributed by atoms with Gasteiger partial charge in [0.2, 0.25) is 5.56 Å². The summed E-state index contributed by atoms with van der Waals surface area (Å²) in [6.45, 7) is 4.31. The highest BCUT2D eigenvalue weighted by molar-refractivity contribution is 5.31. The third-order valence-corrected chi connectivity index (χ3v) is 2.90. The van der Waals surface area contributed by atoms with Crippen molar-refractivity contribution in [2.75, 3.05) is 0 Å². The zero-order chi connectivity index (χ0) is 9.42. The minimum absolute atomic E-state index is 0.0470. The number of fused-ring (bicyclic) bond motifs is 1. The van der Waals surface area contributed by atoms with Crippen molar-refractivity contribution in [3.63, 3.8) is 0 Å². The van der Waals surface area contributed by atoms with Gasteiger partial charge in [-0.1, -0.05) is 6.92 Å². The van der Waals surface area contributed by atoms with Crippen LogP contribution in [-0.2, 0) is 12.8 Å². The summed E-state index contributed by atoms with van der Waals surface area (Å²) in [7, 11) is 0. The molecule has 13 heavy (non-hydrogen) atoms. The molecule has 0 amide bonds. The average Bonchev–Trinajstić information content (AvgIpc) is 2.06. The Morgan fingerprint density at radius 2 is 2.31 bits per heavy atom. The molecule has 0 saturated carbocycles. The van der Waals surface area contributed by atoms with Gasteiger partial charge in [0.1, 0.15) is 0 Å². The molecule has 1 aliphatic carbocycles. The molecule has 1 aliphatic rings. The van der Waals surface area contributed by atoms with Crippen LogP contribution in [0.3, 0.4) is 0 Å². The molecule has 1 unspecified atom stereocenters. The van der Waals surface area contributed by atoms with Crippen molar-refractivity contribution in [1.29, 1.82) is 0 Å². The molecule has 1 N–H and O–H groups in total. The standard InChI is InChI=1S/C11H15NO/c1-7-3-4-10-9(5-7)8(2)6-11(13)12-10/h6-7H,3-5H2,1-2H3,(H,12,13). The van der Waals surface area contributed by atoms with Crippen molar-refractivity contribution >= 4 is 0 Å². The minimum Gasteiger partial charge on any atom is -0.326 e. The van der Waals surface area contributed by atoms with Crippen LogP contribution in [0.25, 0.3) is 0 Å². The Morgan fingerprint density at radius 1 is 1.54 bits per heavy atom. The van der Waals surface area contributed by atoms with E-state index in [9.17, 15) is 4.79 Å². The van der Waals surface area contributed by atoms with Crippen LogP contribution in [-0.4, -0.2) is 4.98 Å². The molecular formula is C11H15NO. The summed E-state index contributed by atoms with van der Waals surface area (Å²) < 4.78 is 0. The topological polar surface area (TPSA) is 32.9 Å². The Labute approximate surface area is 78.0 Å². The van der Waals surface area contributed by atoms with E-state index in [2.05, 4.69) is 11.9 Å². The molecule has 2 nitrogen and oxygen atoms in total. The molecule has 0 aromatic carbocycles. The predicted octanol–water partition coefficient (Wildman–Crippen LogP) is 1.81. The molecule has 0 spiro atoms. The first kappa shape index (κ1) is 8.54. The van der Waals surface area contributed by atoms with Crippen LogP contribution < -0.4 is 5.56 Å². The van der Waals surface area contributed by atoms with Crippen molar-refractivity contribution in [2.45, 2.75) is 33.1 Å². The Hall–Kier alpha value is -1.05. The minimum atomic E-state index is 0.0470. The number of aromatic nitrogens is 1. The van der Waals surface area contributed by atoms with Crippen LogP contribution in [0, 0.1) is 12.8 Å². The zero-order valence-corrected chi connectivity index (χ0v) is 8.18. The van der Waals surface area contributed by atoms with E-state index in [1.165, 1.54) is 17.7 Å². The van der Waals surface area contributed by atoms with E-state index in [1.54, 1.807) is 6.07 Å². The smallest absolute Gasteiger partial charge is 0.248 e. The van der Waals surface area contributed by atoms with Crippen molar-refractivity contribution < 1.29 is 0 Å².